The highest BCUT2D eigenvalue weighted by molar-refractivity contribution is 14.1. The molecule has 4 heterocycles. The first-order valence-electron chi connectivity index (χ1n) is 12.2. The molecular weight excluding hydrogens is 587 g/mol. The van der Waals surface area contributed by atoms with Crippen molar-refractivity contribution >= 4 is 67.9 Å². The normalized spacial score (nSPS) is 17.3. The number of hydrogen-bond acceptors (Lipinski definition) is 8. The van der Waals surface area contributed by atoms with Crippen LogP contribution in [0, 0.1) is 3.70 Å². The minimum Gasteiger partial charge on any atom is -0.338 e. The van der Waals surface area contributed by atoms with Crippen LogP contribution in [0.15, 0.2) is 48.5 Å². The number of aromatic nitrogens is 4. The second-order valence-corrected chi connectivity index (χ2v) is 10.6. The van der Waals surface area contributed by atoms with Crippen LogP contribution in [0.25, 0.3) is 21.8 Å². The highest BCUT2D eigenvalue weighted by Crippen LogP contribution is 2.24. The van der Waals surface area contributed by atoms with Gasteiger partial charge < -0.3 is 19.6 Å². The molecular formula is C26H30ClIN8. The fraction of sp³-hybridized carbons (Fsp3) is 0.385. The van der Waals surface area contributed by atoms with Crippen LogP contribution in [0.1, 0.15) is 0 Å². The Kier molecular flexibility index (Phi) is 8.00. The van der Waals surface area contributed by atoms with Gasteiger partial charge >= 0.3 is 0 Å². The van der Waals surface area contributed by atoms with Gasteiger partial charge in [0.2, 0.25) is 11.9 Å². The van der Waals surface area contributed by atoms with E-state index in [2.05, 4.69) is 88.4 Å². The smallest absolute Gasteiger partial charge is 0.227 e. The van der Waals surface area contributed by atoms with Gasteiger partial charge in [-0.1, -0.05) is 41.9 Å². The van der Waals surface area contributed by atoms with Crippen molar-refractivity contribution in [2.75, 3.05) is 76.3 Å². The Labute approximate surface area is 230 Å². The third-order valence-electron chi connectivity index (χ3n) is 6.66. The highest BCUT2D eigenvalue weighted by atomic mass is 127. The summed E-state index contributed by atoms with van der Waals surface area (Å²) >= 11 is 8.52. The van der Waals surface area contributed by atoms with Gasteiger partial charge in [0.1, 0.15) is 8.85 Å². The van der Waals surface area contributed by atoms with E-state index in [1.54, 1.807) is 0 Å². The molecule has 2 saturated heterocycles. The van der Waals surface area contributed by atoms with Crippen LogP contribution in [0.3, 0.4) is 0 Å². The Balaban J connectivity index is 0.000000148. The van der Waals surface area contributed by atoms with Crippen molar-refractivity contribution in [3.8, 4) is 0 Å². The summed E-state index contributed by atoms with van der Waals surface area (Å²) in [5.41, 5.74) is 1.94. The molecule has 10 heteroatoms. The molecule has 188 valence electrons. The number of piperazine rings is 2. The van der Waals surface area contributed by atoms with E-state index in [0.29, 0.717) is 5.15 Å². The molecule has 0 N–H and O–H groups in total. The summed E-state index contributed by atoms with van der Waals surface area (Å²) in [6, 6.07) is 16.0. The number of rotatable bonds is 2. The minimum atomic E-state index is 0.537. The Hall–Kier alpha value is -2.34. The molecule has 0 radical (unpaired) electrons. The largest absolute Gasteiger partial charge is 0.338 e. The molecule has 0 saturated carbocycles. The van der Waals surface area contributed by atoms with Gasteiger partial charge in [-0.05, 0) is 54.9 Å². The van der Waals surface area contributed by atoms with Crippen LogP contribution in [-0.2, 0) is 0 Å². The molecule has 0 atom stereocenters. The Morgan fingerprint density at radius 3 is 1.61 bits per heavy atom. The quantitative estimate of drug-likeness (QED) is 0.247. The molecule has 2 fully saturated rings. The topological polar surface area (TPSA) is 64.5 Å². The van der Waals surface area contributed by atoms with Crippen molar-refractivity contribution in [2.45, 2.75) is 0 Å². The standard InChI is InChI=1S/C13H15ClN4.C13H15IN4/c2*1-17-6-8-18(9-7-17)13-15-11-5-3-2-4-10(11)12(14)16-13/h2*2-5H,6-9H2,1H3. The number of anilines is 2. The van der Waals surface area contributed by atoms with Gasteiger partial charge in [0.25, 0.3) is 0 Å². The number of halogens is 2. The summed E-state index contributed by atoms with van der Waals surface area (Å²) in [4.78, 5) is 27.4. The van der Waals surface area contributed by atoms with Crippen molar-refractivity contribution in [1.29, 1.82) is 0 Å². The van der Waals surface area contributed by atoms with Crippen LogP contribution >= 0.6 is 34.2 Å². The van der Waals surface area contributed by atoms with Crippen molar-refractivity contribution < 1.29 is 0 Å². The van der Waals surface area contributed by atoms with Crippen molar-refractivity contribution in [1.82, 2.24) is 29.7 Å². The number of hydrogen-bond donors (Lipinski definition) is 0. The Morgan fingerprint density at radius 2 is 1.06 bits per heavy atom. The summed E-state index contributed by atoms with van der Waals surface area (Å²) in [6.45, 7) is 8.13. The number of likely N-dealkylation sites (N-methyl/N-ethyl adjacent to an activating group) is 2. The molecule has 2 aliphatic rings. The third kappa shape index (κ3) is 5.80. The van der Waals surface area contributed by atoms with E-state index >= 15 is 0 Å². The zero-order valence-corrected chi connectivity index (χ0v) is 23.5. The van der Waals surface area contributed by atoms with Crippen molar-refractivity contribution in [3.63, 3.8) is 0 Å². The number of fused-ring (bicyclic) bond motifs is 2. The summed E-state index contributed by atoms with van der Waals surface area (Å²) in [6.07, 6.45) is 0. The van der Waals surface area contributed by atoms with E-state index in [0.717, 1.165) is 89.8 Å². The summed E-state index contributed by atoms with van der Waals surface area (Å²) < 4.78 is 1.03. The maximum absolute atomic E-state index is 6.22. The van der Waals surface area contributed by atoms with Gasteiger partial charge in [-0.25, -0.2) is 19.9 Å². The van der Waals surface area contributed by atoms with Gasteiger partial charge in [-0.3, -0.25) is 0 Å². The van der Waals surface area contributed by atoms with Gasteiger partial charge in [-0.2, -0.15) is 0 Å². The first kappa shape index (κ1) is 25.3. The van der Waals surface area contributed by atoms with Gasteiger partial charge in [-0.15, -0.1) is 0 Å². The average Bonchev–Trinajstić information content (AvgIpc) is 2.90. The Morgan fingerprint density at radius 1 is 0.611 bits per heavy atom. The predicted octanol–water partition coefficient (Wildman–Crippen LogP) is 4.02. The maximum atomic E-state index is 6.22. The lowest BCUT2D eigenvalue weighted by atomic mass is 10.2. The average molecular weight is 617 g/mol. The molecule has 0 amide bonds. The molecule has 6 rings (SSSR count). The Bertz CT molecular complexity index is 1230. The molecule has 0 unspecified atom stereocenters. The number of para-hydroxylation sites is 2. The number of nitrogens with zero attached hydrogens (tertiary/aromatic N) is 8. The molecule has 0 bridgehead atoms. The summed E-state index contributed by atoms with van der Waals surface area (Å²) in [5.74, 6) is 1.61. The predicted molar refractivity (Wildman–Crippen MR) is 156 cm³/mol. The lowest BCUT2D eigenvalue weighted by molar-refractivity contribution is 0.311. The zero-order valence-electron chi connectivity index (χ0n) is 20.6. The van der Waals surface area contributed by atoms with Crippen LogP contribution in [-0.4, -0.2) is 96.2 Å². The molecule has 8 nitrogen and oxygen atoms in total. The van der Waals surface area contributed by atoms with Crippen LogP contribution in [0.4, 0.5) is 11.9 Å². The van der Waals surface area contributed by atoms with E-state index < -0.39 is 0 Å². The van der Waals surface area contributed by atoms with E-state index in [1.165, 1.54) is 0 Å². The lowest BCUT2D eigenvalue weighted by Crippen LogP contribution is -2.45. The number of benzene rings is 2. The van der Waals surface area contributed by atoms with Crippen LogP contribution in [0.5, 0.6) is 0 Å². The van der Waals surface area contributed by atoms with Gasteiger partial charge in [0, 0.05) is 63.1 Å². The molecule has 0 spiro atoms. The third-order valence-corrected chi connectivity index (χ3v) is 7.77. The molecule has 0 aliphatic carbocycles. The SMILES string of the molecule is CN1CCN(c2nc(Cl)c3ccccc3n2)CC1.CN1CCN(c2nc(I)c3ccccc3n2)CC1. The molecule has 4 aromatic rings. The first-order valence-corrected chi connectivity index (χ1v) is 13.6. The second-order valence-electron chi connectivity index (χ2n) is 9.24. The highest BCUT2D eigenvalue weighted by Gasteiger charge is 2.19. The fourth-order valence-corrected chi connectivity index (χ4v) is 5.26. The minimum absolute atomic E-state index is 0.537. The first-order chi connectivity index (χ1) is 17.5. The zero-order chi connectivity index (χ0) is 25.1. The lowest BCUT2D eigenvalue weighted by Gasteiger charge is -2.32. The van der Waals surface area contributed by atoms with E-state index in [-0.39, 0.29) is 0 Å². The summed E-state index contributed by atoms with van der Waals surface area (Å²) in [7, 11) is 4.29. The van der Waals surface area contributed by atoms with Crippen LogP contribution < -0.4 is 9.80 Å². The van der Waals surface area contributed by atoms with Crippen LogP contribution in [0.2, 0.25) is 5.15 Å². The maximum Gasteiger partial charge on any atom is 0.227 e. The van der Waals surface area contributed by atoms with Gasteiger partial charge in [0.05, 0.1) is 11.0 Å². The molecule has 36 heavy (non-hydrogen) atoms. The molecule has 2 aromatic carbocycles. The second kappa shape index (κ2) is 11.4. The van der Waals surface area contributed by atoms with Crippen molar-refractivity contribution in [2.24, 2.45) is 0 Å². The van der Waals surface area contributed by atoms with Gasteiger partial charge in [0.15, 0.2) is 0 Å². The van der Waals surface area contributed by atoms with E-state index in [9.17, 15) is 0 Å². The van der Waals surface area contributed by atoms with E-state index in [1.807, 2.05) is 36.4 Å². The fourth-order valence-electron chi connectivity index (χ4n) is 4.35. The summed E-state index contributed by atoms with van der Waals surface area (Å²) in [5, 5.41) is 2.59. The molecule has 2 aliphatic heterocycles. The van der Waals surface area contributed by atoms with Crippen molar-refractivity contribution in [3.05, 3.63) is 57.4 Å². The van der Waals surface area contributed by atoms with E-state index in [4.69, 9.17) is 11.6 Å². The molecule has 2 aromatic heterocycles. The monoisotopic (exact) mass is 616 g/mol.